The lowest BCUT2D eigenvalue weighted by Gasteiger charge is -1.89. The van der Waals surface area contributed by atoms with Gasteiger partial charge in [0.2, 0.25) is 5.88 Å². The monoisotopic (exact) mass is 100 g/mol. The number of nitrogens with zero attached hydrogens (tertiary/aromatic N) is 1. The zero-order valence-corrected chi connectivity index (χ0v) is 4.22. The highest BCUT2D eigenvalue weighted by Crippen LogP contribution is 1.84. The zero-order chi connectivity index (χ0) is 5.70. The summed E-state index contributed by atoms with van der Waals surface area (Å²) >= 11 is 0. The number of nitrogens with two attached hydrogens (primary N) is 1. The average molecular weight is 100 g/mol. The number of hydrogen-bond acceptors (Lipinski definition) is 3. The van der Waals surface area contributed by atoms with E-state index >= 15 is 0 Å². The predicted molar refractivity (Wildman–Crippen MR) is 28.6 cm³/mol. The highest BCUT2D eigenvalue weighted by atomic mass is 16.6. The average Bonchev–Trinajstić information content (AvgIpc) is 1.68. The summed E-state index contributed by atoms with van der Waals surface area (Å²) in [7, 11) is 0. The largest absolute Gasteiger partial charge is 0.392 e. The van der Waals surface area contributed by atoms with E-state index in [9.17, 15) is 0 Å². The van der Waals surface area contributed by atoms with Crippen molar-refractivity contribution in [1.29, 1.82) is 0 Å². The maximum atomic E-state index is 4.64. The summed E-state index contributed by atoms with van der Waals surface area (Å²) in [5.41, 5.74) is 0. The molecular weight excluding hydrogens is 92.1 g/mol. The van der Waals surface area contributed by atoms with E-state index in [1.807, 2.05) is 0 Å². The lowest BCUT2D eigenvalue weighted by Crippen LogP contribution is -1.94. The smallest absolute Gasteiger partial charge is 0.229 e. The fourth-order valence-electron chi connectivity index (χ4n) is 0.174. The van der Waals surface area contributed by atoms with Crippen LogP contribution in [0, 0.1) is 0 Å². The predicted octanol–water partition coefficient (Wildman–Crippen LogP) is 0.439. The number of aliphatic imine (C=N–C) groups is 1. The molecule has 3 nitrogen and oxygen atoms in total. The Labute approximate surface area is 42.4 Å². The van der Waals surface area contributed by atoms with E-state index in [1.165, 1.54) is 0 Å². The van der Waals surface area contributed by atoms with Gasteiger partial charge in [-0.1, -0.05) is 0 Å². The Balaban J connectivity index is 3.37. The molecule has 0 saturated carbocycles. The second-order valence-corrected chi connectivity index (χ2v) is 0.899. The van der Waals surface area contributed by atoms with Gasteiger partial charge in [-0.25, -0.2) is 4.99 Å². The summed E-state index contributed by atoms with van der Waals surface area (Å²) in [5.74, 6) is 4.87. The Kier molecular flexibility index (Phi) is 2.96. The van der Waals surface area contributed by atoms with E-state index in [1.54, 1.807) is 13.1 Å². The second kappa shape index (κ2) is 3.36. The second-order valence-electron chi connectivity index (χ2n) is 0.899. The van der Waals surface area contributed by atoms with Gasteiger partial charge in [0.15, 0.2) is 0 Å². The molecule has 0 atom stereocenters. The summed E-state index contributed by atoms with van der Waals surface area (Å²) in [6, 6.07) is 0. The van der Waals surface area contributed by atoms with Crippen molar-refractivity contribution >= 4 is 6.21 Å². The molecule has 0 aromatic rings. The van der Waals surface area contributed by atoms with Gasteiger partial charge in [0.25, 0.3) is 0 Å². The van der Waals surface area contributed by atoms with Crippen molar-refractivity contribution < 1.29 is 4.84 Å². The summed E-state index contributed by atoms with van der Waals surface area (Å²) in [6.07, 6.45) is 1.55. The SMILES string of the molecule is C=C(N=CC)ON. The van der Waals surface area contributed by atoms with E-state index < -0.39 is 0 Å². The first kappa shape index (κ1) is 6.17. The van der Waals surface area contributed by atoms with Crippen molar-refractivity contribution in [3.8, 4) is 0 Å². The maximum Gasteiger partial charge on any atom is 0.229 e. The van der Waals surface area contributed by atoms with Gasteiger partial charge < -0.3 is 4.84 Å². The molecule has 0 aliphatic rings. The molecule has 0 spiro atoms. The summed E-state index contributed by atoms with van der Waals surface area (Å²) < 4.78 is 0. The van der Waals surface area contributed by atoms with E-state index in [-0.39, 0.29) is 5.88 Å². The summed E-state index contributed by atoms with van der Waals surface area (Å²) in [6.45, 7) is 5.07. The first-order valence-corrected chi connectivity index (χ1v) is 1.85. The fraction of sp³-hybridized carbons (Fsp3) is 0.250. The van der Waals surface area contributed by atoms with Gasteiger partial charge in [0.1, 0.15) is 0 Å². The van der Waals surface area contributed by atoms with Gasteiger partial charge in [0.05, 0.1) is 0 Å². The van der Waals surface area contributed by atoms with Gasteiger partial charge in [-0.2, -0.15) is 5.90 Å². The molecule has 0 saturated heterocycles. The normalized spacial score (nSPS) is 9.43. The van der Waals surface area contributed by atoms with Crippen LogP contribution in [0.1, 0.15) is 6.92 Å². The molecule has 0 fully saturated rings. The van der Waals surface area contributed by atoms with Crippen LogP contribution in [-0.2, 0) is 4.84 Å². The van der Waals surface area contributed by atoms with Crippen molar-refractivity contribution in [3.05, 3.63) is 12.5 Å². The topological polar surface area (TPSA) is 47.6 Å². The minimum absolute atomic E-state index is 0.225. The molecule has 2 N–H and O–H groups in total. The molecule has 0 radical (unpaired) electrons. The van der Waals surface area contributed by atoms with Gasteiger partial charge in [0, 0.05) is 6.21 Å². The standard InChI is InChI=1S/C4H8N2O/c1-3-6-4(2)7-5/h3H,2,5H2,1H3. The lowest BCUT2D eigenvalue weighted by atomic mass is 10.8. The van der Waals surface area contributed by atoms with Gasteiger partial charge in [-0.05, 0) is 13.5 Å². The Morgan fingerprint density at radius 2 is 2.57 bits per heavy atom. The van der Waals surface area contributed by atoms with E-state index in [4.69, 9.17) is 0 Å². The quantitative estimate of drug-likeness (QED) is 0.311. The fourth-order valence-corrected chi connectivity index (χ4v) is 0.174. The zero-order valence-electron chi connectivity index (χ0n) is 4.22. The summed E-state index contributed by atoms with van der Waals surface area (Å²) in [4.78, 5) is 7.67. The molecule has 7 heavy (non-hydrogen) atoms. The number of rotatable bonds is 2. The van der Waals surface area contributed by atoms with Crippen molar-refractivity contribution in [2.24, 2.45) is 10.9 Å². The molecule has 0 aromatic carbocycles. The van der Waals surface area contributed by atoms with Gasteiger partial charge >= 0.3 is 0 Å². The maximum absolute atomic E-state index is 4.64. The van der Waals surface area contributed by atoms with Crippen molar-refractivity contribution in [2.45, 2.75) is 6.92 Å². The molecule has 0 aromatic heterocycles. The minimum Gasteiger partial charge on any atom is -0.392 e. The highest BCUT2D eigenvalue weighted by molar-refractivity contribution is 5.54. The van der Waals surface area contributed by atoms with E-state index in [2.05, 4.69) is 22.3 Å². The van der Waals surface area contributed by atoms with Crippen molar-refractivity contribution in [2.75, 3.05) is 0 Å². The molecule has 0 aliphatic carbocycles. The molecule has 40 valence electrons. The van der Waals surface area contributed by atoms with Crippen LogP contribution in [-0.4, -0.2) is 6.21 Å². The molecule has 0 heterocycles. The van der Waals surface area contributed by atoms with Crippen LogP contribution in [0.3, 0.4) is 0 Å². The Hall–Kier alpha value is -0.830. The van der Waals surface area contributed by atoms with Crippen LogP contribution in [0.15, 0.2) is 17.5 Å². The van der Waals surface area contributed by atoms with Crippen molar-refractivity contribution in [1.82, 2.24) is 0 Å². The Bertz CT molecular complexity index is 87.7. The molecular formula is C4H8N2O. The third-order valence-electron chi connectivity index (χ3n) is 0.409. The van der Waals surface area contributed by atoms with Crippen LogP contribution in [0.5, 0.6) is 0 Å². The lowest BCUT2D eigenvalue weighted by molar-refractivity contribution is 0.220. The third-order valence-corrected chi connectivity index (χ3v) is 0.409. The molecule has 0 rings (SSSR count). The first-order chi connectivity index (χ1) is 3.31. The van der Waals surface area contributed by atoms with Crippen LogP contribution < -0.4 is 5.90 Å². The molecule has 0 bridgehead atoms. The summed E-state index contributed by atoms with van der Waals surface area (Å²) in [5, 5.41) is 0. The Morgan fingerprint density at radius 3 is 2.71 bits per heavy atom. The third kappa shape index (κ3) is 2.99. The molecule has 0 amide bonds. The molecule has 0 unspecified atom stereocenters. The minimum atomic E-state index is 0.225. The van der Waals surface area contributed by atoms with Crippen molar-refractivity contribution in [3.63, 3.8) is 0 Å². The van der Waals surface area contributed by atoms with Crippen LogP contribution in [0.2, 0.25) is 0 Å². The molecule has 0 aliphatic heterocycles. The van der Waals surface area contributed by atoms with Gasteiger partial charge in [-0.3, -0.25) is 0 Å². The van der Waals surface area contributed by atoms with Crippen LogP contribution >= 0.6 is 0 Å². The van der Waals surface area contributed by atoms with Crippen LogP contribution in [0.25, 0.3) is 0 Å². The first-order valence-electron chi connectivity index (χ1n) is 1.85. The molecule has 3 heteroatoms. The highest BCUT2D eigenvalue weighted by Gasteiger charge is 1.76. The van der Waals surface area contributed by atoms with Gasteiger partial charge in [-0.15, -0.1) is 0 Å². The van der Waals surface area contributed by atoms with Crippen LogP contribution in [0.4, 0.5) is 0 Å². The van der Waals surface area contributed by atoms with E-state index in [0.29, 0.717) is 0 Å². The van der Waals surface area contributed by atoms with E-state index in [0.717, 1.165) is 0 Å². The number of hydrogen-bond donors (Lipinski definition) is 1. The Morgan fingerprint density at radius 1 is 2.00 bits per heavy atom.